The normalized spacial score (nSPS) is 25.4. The van der Waals surface area contributed by atoms with Crippen LogP contribution in [0.1, 0.15) is 48.0 Å². The Kier molecular flexibility index (Phi) is 5.32. The molecule has 3 fully saturated rings. The highest BCUT2D eigenvalue weighted by Crippen LogP contribution is 2.45. The third-order valence-corrected chi connectivity index (χ3v) is 6.61. The van der Waals surface area contributed by atoms with Crippen LogP contribution >= 0.6 is 0 Å². The van der Waals surface area contributed by atoms with Gasteiger partial charge in [-0.05, 0) is 62.5 Å². The van der Waals surface area contributed by atoms with E-state index >= 15 is 0 Å². The van der Waals surface area contributed by atoms with Gasteiger partial charge in [0.2, 0.25) is 0 Å². The number of piperidine rings is 1. The molecule has 2 saturated heterocycles. The number of rotatable bonds is 5. The number of likely N-dealkylation sites (tertiary alicyclic amines) is 1. The third-order valence-electron chi connectivity index (χ3n) is 6.61. The van der Waals surface area contributed by atoms with Gasteiger partial charge in [0.1, 0.15) is 0 Å². The molecule has 1 aliphatic carbocycles. The van der Waals surface area contributed by atoms with Gasteiger partial charge in [0.15, 0.2) is 0 Å². The lowest BCUT2D eigenvalue weighted by Crippen LogP contribution is -2.50. The number of nitrogens with zero attached hydrogens (tertiary/aromatic N) is 1. The van der Waals surface area contributed by atoms with E-state index in [1.807, 2.05) is 36.1 Å². The summed E-state index contributed by atoms with van der Waals surface area (Å²) in [6.45, 7) is 7.16. The fourth-order valence-corrected chi connectivity index (χ4v) is 4.54. The molecule has 4 rings (SSSR count). The molecule has 1 atom stereocenters. The number of benzene rings is 1. The first-order valence-corrected chi connectivity index (χ1v) is 10.2. The zero-order valence-corrected chi connectivity index (χ0v) is 15.9. The van der Waals surface area contributed by atoms with E-state index in [1.54, 1.807) is 0 Å². The van der Waals surface area contributed by atoms with E-state index in [0.717, 1.165) is 75.8 Å². The molecule has 26 heavy (non-hydrogen) atoms. The predicted octanol–water partition coefficient (Wildman–Crippen LogP) is 3.68. The van der Waals surface area contributed by atoms with Gasteiger partial charge in [-0.25, -0.2) is 0 Å². The molecule has 1 spiro atoms. The Morgan fingerprint density at radius 1 is 1.23 bits per heavy atom. The molecule has 1 amide bonds. The maximum atomic E-state index is 12.8. The van der Waals surface area contributed by atoms with Crippen molar-refractivity contribution in [3.8, 4) is 0 Å². The number of carbonyl (C=O) groups excluding carboxylic acids is 1. The van der Waals surface area contributed by atoms with E-state index in [0.29, 0.717) is 11.3 Å². The molecule has 4 heteroatoms. The molecule has 142 valence electrons. The van der Waals surface area contributed by atoms with Gasteiger partial charge >= 0.3 is 0 Å². The zero-order chi connectivity index (χ0) is 18.0. The number of aryl methyl sites for hydroxylation is 1. The van der Waals surface area contributed by atoms with Crippen molar-refractivity contribution in [2.75, 3.05) is 39.5 Å². The molecule has 1 unspecified atom stereocenters. The predicted molar refractivity (Wildman–Crippen MR) is 101 cm³/mol. The molecule has 2 aliphatic heterocycles. The van der Waals surface area contributed by atoms with E-state index < -0.39 is 0 Å². The van der Waals surface area contributed by atoms with Crippen molar-refractivity contribution in [3.05, 3.63) is 35.4 Å². The zero-order valence-electron chi connectivity index (χ0n) is 15.9. The average molecular weight is 357 g/mol. The molecule has 2 heterocycles. The van der Waals surface area contributed by atoms with Gasteiger partial charge in [-0.1, -0.05) is 17.7 Å². The minimum atomic E-state index is 0.178. The van der Waals surface area contributed by atoms with Crippen LogP contribution in [0.25, 0.3) is 0 Å². The second-order valence-corrected chi connectivity index (χ2v) is 8.53. The molecular formula is C22H31NO3. The van der Waals surface area contributed by atoms with Gasteiger partial charge in [0, 0.05) is 37.8 Å². The van der Waals surface area contributed by atoms with Crippen molar-refractivity contribution >= 4 is 5.91 Å². The Bertz CT molecular complexity index is 632. The molecule has 1 saturated carbocycles. The van der Waals surface area contributed by atoms with Crippen LogP contribution in [0, 0.1) is 24.2 Å². The first kappa shape index (κ1) is 18.0. The monoisotopic (exact) mass is 357 g/mol. The number of hydrogen-bond donors (Lipinski definition) is 0. The Morgan fingerprint density at radius 2 is 2.04 bits per heavy atom. The van der Waals surface area contributed by atoms with Gasteiger partial charge in [-0.3, -0.25) is 4.79 Å². The summed E-state index contributed by atoms with van der Waals surface area (Å²) in [6.07, 6.45) is 5.93. The largest absolute Gasteiger partial charge is 0.381 e. The first-order valence-electron chi connectivity index (χ1n) is 10.2. The SMILES string of the molecule is Cc1cccc(C(=O)N2CCC3(CCOCC3COCC3CC3)CC2)c1. The van der Waals surface area contributed by atoms with Crippen LogP contribution in [0.5, 0.6) is 0 Å². The van der Waals surface area contributed by atoms with Crippen molar-refractivity contribution in [2.45, 2.75) is 39.0 Å². The minimum absolute atomic E-state index is 0.178. The van der Waals surface area contributed by atoms with Crippen LogP contribution in [0.15, 0.2) is 24.3 Å². The van der Waals surface area contributed by atoms with Gasteiger partial charge < -0.3 is 14.4 Å². The van der Waals surface area contributed by atoms with Crippen molar-refractivity contribution in [2.24, 2.45) is 17.3 Å². The van der Waals surface area contributed by atoms with E-state index in [4.69, 9.17) is 9.47 Å². The summed E-state index contributed by atoms with van der Waals surface area (Å²) in [5, 5.41) is 0. The fraction of sp³-hybridized carbons (Fsp3) is 0.682. The van der Waals surface area contributed by atoms with Crippen molar-refractivity contribution < 1.29 is 14.3 Å². The van der Waals surface area contributed by atoms with E-state index in [2.05, 4.69) is 0 Å². The van der Waals surface area contributed by atoms with Gasteiger partial charge in [0.25, 0.3) is 5.91 Å². The summed E-state index contributed by atoms with van der Waals surface area (Å²) in [6, 6.07) is 7.94. The maximum absolute atomic E-state index is 12.8. The highest BCUT2D eigenvalue weighted by atomic mass is 16.5. The van der Waals surface area contributed by atoms with Crippen LogP contribution in [-0.4, -0.2) is 50.3 Å². The summed E-state index contributed by atoms with van der Waals surface area (Å²) >= 11 is 0. The lowest BCUT2D eigenvalue weighted by atomic mass is 9.66. The van der Waals surface area contributed by atoms with Gasteiger partial charge in [-0.2, -0.15) is 0 Å². The molecule has 0 N–H and O–H groups in total. The fourth-order valence-electron chi connectivity index (χ4n) is 4.54. The van der Waals surface area contributed by atoms with Gasteiger partial charge in [0.05, 0.1) is 13.2 Å². The van der Waals surface area contributed by atoms with Crippen LogP contribution < -0.4 is 0 Å². The quantitative estimate of drug-likeness (QED) is 0.807. The average Bonchev–Trinajstić information content (AvgIpc) is 3.48. The number of ether oxygens (including phenoxy) is 2. The van der Waals surface area contributed by atoms with Crippen LogP contribution in [0.2, 0.25) is 0 Å². The smallest absolute Gasteiger partial charge is 0.253 e. The molecule has 0 radical (unpaired) electrons. The lowest BCUT2D eigenvalue weighted by molar-refractivity contribution is -0.0975. The molecule has 3 aliphatic rings. The topological polar surface area (TPSA) is 38.8 Å². The van der Waals surface area contributed by atoms with Crippen LogP contribution in [-0.2, 0) is 9.47 Å². The summed E-state index contributed by atoms with van der Waals surface area (Å²) in [5.74, 6) is 1.47. The Hall–Kier alpha value is -1.39. The molecule has 1 aromatic rings. The Morgan fingerprint density at radius 3 is 2.77 bits per heavy atom. The number of amides is 1. The molecular weight excluding hydrogens is 326 g/mol. The van der Waals surface area contributed by atoms with Crippen molar-refractivity contribution in [1.29, 1.82) is 0 Å². The van der Waals surface area contributed by atoms with Crippen LogP contribution in [0.3, 0.4) is 0 Å². The summed E-state index contributed by atoms with van der Waals surface area (Å²) in [7, 11) is 0. The second kappa shape index (κ2) is 7.69. The summed E-state index contributed by atoms with van der Waals surface area (Å²) < 4.78 is 11.8. The third kappa shape index (κ3) is 3.96. The number of carbonyl (C=O) groups is 1. The summed E-state index contributed by atoms with van der Waals surface area (Å²) in [4.78, 5) is 14.9. The van der Waals surface area contributed by atoms with Gasteiger partial charge in [-0.15, -0.1) is 0 Å². The lowest BCUT2D eigenvalue weighted by Gasteiger charge is -2.49. The standard InChI is InChI=1S/C22H31NO3/c1-17-3-2-4-19(13-17)21(24)23-10-7-22(8-11-23)9-12-25-15-20(22)16-26-14-18-5-6-18/h2-4,13,18,20H,5-12,14-16H2,1H3. The highest BCUT2D eigenvalue weighted by Gasteiger charge is 2.44. The highest BCUT2D eigenvalue weighted by molar-refractivity contribution is 5.94. The Balaban J connectivity index is 1.36. The van der Waals surface area contributed by atoms with E-state index in [1.165, 1.54) is 12.8 Å². The number of hydrogen-bond acceptors (Lipinski definition) is 3. The maximum Gasteiger partial charge on any atom is 0.253 e. The first-order chi connectivity index (χ1) is 12.7. The van der Waals surface area contributed by atoms with E-state index in [9.17, 15) is 4.79 Å². The van der Waals surface area contributed by atoms with Crippen molar-refractivity contribution in [3.63, 3.8) is 0 Å². The molecule has 4 nitrogen and oxygen atoms in total. The summed E-state index contributed by atoms with van der Waals surface area (Å²) in [5.41, 5.74) is 2.25. The molecule has 1 aromatic carbocycles. The van der Waals surface area contributed by atoms with E-state index in [-0.39, 0.29) is 5.91 Å². The molecule has 0 bridgehead atoms. The van der Waals surface area contributed by atoms with Crippen LogP contribution in [0.4, 0.5) is 0 Å². The van der Waals surface area contributed by atoms with Crippen molar-refractivity contribution in [1.82, 2.24) is 4.90 Å². The second-order valence-electron chi connectivity index (χ2n) is 8.53. The Labute approximate surface area is 156 Å². The molecule has 0 aromatic heterocycles. The minimum Gasteiger partial charge on any atom is -0.381 e.